The Morgan fingerprint density at radius 1 is 1.28 bits per heavy atom. The monoisotopic (exact) mass is 341 g/mol. The van der Waals surface area contributed by atoms with Crippen molar-refractivity contribution in [2.75, 3.05) is 12.3 Å². The molecule has 0 radical (unpaired) electrons. The minimum atomic E-state index is 0.449. The summed E-state index contributed by atoms with van der Waals surface area (Å²) >= 11 is 7.26. The molecule has 0 aliphatic carbocycles. The van der Waals surface area contributed by atoms with Crippen molar-refractivity contribution in [3.63, 3.8) is 0 Å². The van der Waals surface area contributed by atoms with Crippen molar-refractivity contribution in [1.82, 2.24) is 5.32 Å². The normalized spacial score (nSPS) is 12.6. The van der Waals surface area contributed by atoms with E-state index in [1.54, 1.807) is 0 Å². The van der Waals surface area contributed by atoms with E-state index in [4.69, 9.17) is 0 Å². The molecule has 0 saturated heterocycles. The Morgan fingerprint density at radius 2 is 2.11 bits per heavy atom. The zero-order chi connectivity index (χ0) is 12.8. The third-order valence-electron chi connectivity index (χ3n) is 2.62. The number of thiophene rings is 1. The Balaban J connectivity index is 1.72. The largest absolute Gasteiger partial charge is 0.309 e. The molecule has 2 rings (SSSR count). The van der Waals surface area contributed by atoms with Crippen LogP contribution in [0.3, 0.4) is 0 Å². The van der Waals surface area contributed by atoms with E-state index in [2.05, 4.69) is 63.9 Å². The van der Waals surface area contributed by atoms with E-state index in [1.165, 1.54) is 14.2 Å². The lowest BCUT2D eigenvalue weighted by Crippen LogP contribution is -2.20. The van der Waals surface area contributed by atoms with Crippen molar-refractivity contribution in [3.05, 3.63) is 51.1 Å². The number of thioether (sulfide) groups is 1. The summed E-state index contributed by atoms with van der Waals surface area (Å²) in [6, 6.07) is 13.1. The quantitative estimate of drug-likeness (QED) is 0.589. The molecule has 18 heavy (non-hydrogen) atoms. The first kappa shape index (κ1) is 14.1. The lowest BCUT2D eigenvalue weighted by Gasteiger charge is -2.12. The van der Waals surface area contributed by atoms with Gasteiger partial charge in [0.1, 0.15) is 0 Å². The van der Waals surface area contributed by atoms with Gasteiger partial charge in [0.15, 0.2) is 0 Å². The number of benzene rings is 1. The molecule has 0 fully saturated rings. The zero-order valence-corrected chi connectivity index (χ0v) is 13.4. The molecule has 1 N–H and O–H groups in total. The van der Waals surface area contributed by atoms with Gasteiger partial charge in [0.25, 0.3) is 0 Å². The van der Waals surface area contributed by atoms with Gasteiger partial charge in [0.05, 0.1) is 0 Å². The molecule has 0 saturated carbocycles. The highest BCUT2D eigenvalue weighted by molar-refractivity contribution is 9.10. The van der Waals surface area contributed by atoms with E-state index in [9.17, 15) is 0 Å². The van der Waals surface area contributed by atoms with E-state index >= 15 is 0 Å². The molecule has 2 aromatic rings. The predicted molar refractivity (Wildman–Crippen MR) is 85.6 cm³/mol. The topological polar surface area (TPSA) is 12.0 Å². The Hall–Kier alpha value is -0.290. The molecule has 4 heteroatoms. The summed E-state index contributed by atoms with van der Waals surface area (Å²) in [4.78, 5) is 2.71. The van der Waals surface area contributed by atoms with Crippen LogP contribution in [0, 0.1) is 0 Å². The van der Waals surface area contributed by atoms with Gasteiger partial charge in [-0.1, -0.05) is 18.2 Å². The maximum Gasteiger partial charge on any atom is 0.0386 e. The number of hydrogen-bond donors (Lipinski definition) is 1. The van der Waals surface area contributed by atoms with Crippen LogP contribution >= 0.6 is 39.0 Å². The second-order valence-electron chi connectivity index (χ2n) is 3.97. The Kier molecular flexibility index (Phi) is 5.76. The van der Waals surface area contributed by atoms with Crippen LogP contribution in [-0.2, 0) is 0 Å². The summed E-state index contributed by atoms with van der Waals surface area (Å²) in [7, 11) is 0. The highest BCUT2D eigenvalue weighted by atomic mass is 79.9. The first-order valence-corrected chi connectivity index (χ1v) is 8.57. The average Bonchev–Trinajstić information content (AvgIpc) is 2.90. The molecule has 1 atom stereocenters. The lowest BCUT2D eigenvalue weighted by molar-refractivity contribution is 0.610. The predicted octanol–water partition coefficient (Wildman–Crippen LogP) is 4.95. The van der Waals surface area contributed by atoms with Crippen LogP contribution in [0.25, 0.3) is 0 Å². The van der Waals surface area contributed by atoms with Crippen LogP contribution in [0.5, 0.6) is 0 Å². The zero-order valence-electron chi connectivity index (χ0n) is 10.2. The van der Waals surface area contributed by atoms with Crippen LogP contribution < -0.4 is 5.32 Å². The maximum atomic E-state index is 3.57. The van der Waals surface area contributed by atoms with Crippen LogP contribution in [0.2, 0.25) is 0 Å². The molecule has 0 aliphatic heterocycles. The number of hydrogen-bond acceptors (Lipinski definition) is 3. The SMILES string of the molecule is CC(NCCSc1ccccc1Br)c1cccs1. The summed E-state index contributed by atoms with van der Waals surface area (Å²) in [5, 5.41) is 5.68. The maximum absolute atomic E-state index is 3.57. The summed E-state index contributed by atoms with van der Waals surface area (Å²) in [5.41, 5.74) is 0. The third kappa shape index (κ3) is 4.12. The molecule has 1 heterocycles. The Labute approximate surface area is 125 Å². The molecule has 1 aromatic heterocycles. The van der Waals surface area contributed by atoms with Crippen LogP contribution in [0.1, 0.15) is 17.8 Å². The van der Waals surface area contributed by atoms with Gasteiger partial charge in [-0.25, -0.2) is 0 Å². The van der Waals surface area contributed by atoms with Gasteiger partial charge in [-0.15, -0.1) is 23.1 Å². The number of rotatable bonds is 6. The second kappa shape index (κ2) is 7.34. The number of halogens is 1. The third-order valence-corrected chi connectivity index (χ3v) is 5.70. The molecule has 0 spiro atoms. The van der Waals surface area contributed by atoms with E-state index in [0.717, 1.165) is 12.3 Å². The van der Waals surface area contributed by atoms with Crippen LogP contribution in [0.4, 0.5) is 0 Å². The first-order chi connectivity index (χ1) is 8.77. The van der Waals surface area contributed by atoms with Crippen molar-refractivity contribution >= 4 is 39.0 Å². The van der Waals surface area contributed by atoms with Gasteiger partial charge in [-0.05, 0) is 46.4 Å². The molecular formula is C14H16BrNS2. The van der Waals surface area contributed by atoms with Gasteiger partial charge in [0.2, 0.25) is 0 Å². The molecule has 1 nitrogen and oxygen atoms in total. The van der Waals surface area contributed by atoms with Gasteiger partial charge in [-0.2, -0.15) is 0 Å². The summed E-state index contributed by atoms with van der Waals surface area (Å²) in [6.45, 7) is 3.24. The van der Waals surface area contributed by atoms with Gasteiger partial charge >= 0.3 is 0 Å². The Morgan fingerprint density at radius 3 is 2.83 bits per heavy atom. The van der Waals surface area contributed by atoms with E-state index in [-0.39, 0.29) is 0 Å². The number of nitrogens with one attached hydrogen (secondary N) is 1. The minimum absolute atomic E-state index is 0.449. The highest BCUT2D eigenvalue weighted by Crippen LogP contribution is 2.26. The van der Waals surface area contributed by atoms with E-state index < -0.39 is 0 Å². The highest BCUT2D eigenvalue weighted by Gasteiger charge is 2.05. The Bertz CT molecular complexity index is 470. The van der Waals surface area contributed by atoms with Crippen molar-refractivity contribution in [3.8, 4) is 0 Å². The van der Waals surface area contributed by atoms with Crippen molar-refractivity contribution in [2.45, 2.75) is 17.9 Å². The standard InChI is InChI=1S/C14H16BrNS2/c1-11(13-7-4-9-17-13)16-8-10-18-14-6-3-2-5-12(14)15/h2-7,9,11,16H,8,10H2,1H3. The molecule has 0 bridgehead atoms. The molecule has 1 unspecified atom stereocenters. The molecule has 1 aromatic carbocycles. The second-order valence-corrected chi connectivity index (χ2v) is 6.94. The van der Waals surface area contributed by atoms with Gasteiger partial charge in [-0.3, -0.25) is 0 Å². The van der Waals surface area contributed by atoms with Crippen molar-refractivity contribution in [2.24, 2.45) is 0 Å². The van der Waals surface area contributed by atoms with Crippen molar-refractivity contribution < 1.29 is 0 Å². The summed E-state index contributed by atoms with van der Waals surface area (Å²) in [5.74, 6) is 1.08. The molecule has 0 amide bonds. The fourth-order valence-corrected chi connectivity index (χ4v) is 3.84. The smallest absolute Gasteiger partial charge is 0.0386 e. The van der Waals surface area contributed by atoms with Crippen LogP contribution in [0.15, 0.2) is 51.1 Å². The molecule has 96 valence electrons. The van der Waals surface area contributed by atoms with Gasteiger partial charge < -0.3 is 5.32 Å². The summed E-state index contributed by atoms with van der Waals surface area (Å²) in [6.07, 6.45) is 0. The van der Waals surface area contributed by atoms with E-state index in [0.29, 0.717) is 6.04 Å². The van der Waals surface area contributed by atoms with Crippen molar-refractivity contribution in [1.29, 1.82) is 0 Å². The summed E-state index contributed by atoms with van der Waals surface area (Å²) < 4.78 is 1.18. The van der Waals surface area contributed by atoms with E-state index in [1.807, 2.05) is 29.2 Å². The van der Waals surface area contributed by atoms with Crippen LogP contribution in [-0.4, -0.2) is 12.3 Å². The lowest BCUT2D eigenvalue weighted by atomic mass is 10.3. The first-order valence-electron chi connectivity index (χ1n) is 5.91. The fraction of sp³-hybridized carbons (Fsp3) is 0.286. The average molecular weight is 342 g/mol. The molecule has 0 aliphatic rings. The van der Waals surface area contributed by atoms with Gasteiger partial charge in [0, 0.05) is 32.6 Å². The minimum Gasteiger partial charge on any atom is -0.309 e. The fourth-order valence-electron chi connectivity index (χ4n) is 1.64. The molecular weight excluding hydrogens is 326 g/mol.